The Bertz CT molecular complexity index is 472. The fourth-order valence-corrected chi connectivity index (χ4v) is 3.36. The molecule has 0 aliphatic heterocycles. The van der Waals surface area contributed by atoms with E-state index in [9.17, 15) is 5.11 Å². The number of aryl methyl sites for hydroxylation is 1. The molecule has 1 aromatic carbocycles. The smallest absolute Gasteiger partial charge is 0.122 e. The summed E-state index contributed by atoms with van der Waals surface area (Å²) in [6, 6.07) is 6.40. The van der Waals surface area contributed by atoms with E-state index in [1.165, 1.54) is 11.1 Å². The number of hydrogen-bond acceptors (Lipinski definition) is 3. The average Bonchev–Trinajstić information content (AvgIpc) is 2.81. The summed E-state index contributed by atoms with van der Waals surface area (Å²) in [5, 5.41) is 10.5. The first kappa shape index (κ1) is 16.3. The number of benzene rings is 1. The molecule has 0 saturated heterocycles. The summed E-state index contributed by atoms with van der Waals surface area (Å²) < 4.78 is 6.03. The normalized spacial score (nSPS) is 25.5. The average molecular weight is 291 g/mol. The highest BCUT2D eigenvalue weighted by molar-refractivity contribution is 5.39. The SMILES string of the molecule is Cc1ccc(C(C)C)c(OCCC2CCCC2(O)CN)c1. The zero-order valence-corrected chi connectivity index (χ0v) is 13.6. The Balaban J connectivity index is 1.96. The molecule has 3 N–H and O–H groups in total. The third kappa shape index (κ3) is 3.78. The van der Waals surface area contributed by atoms with E-state index < -0.39 is 5.60 Å². The molecule has 1 aliphatic carbocycles. The van der Waals surface area contributed by atoms with Crippen molar-refractivity contribution in [3.05, 3.63) is 29.3 Å². The molecule has 0 spiro atoms. The van der Waals surface area contributed by atoms with Crippen LogP contribution in [0.15, 0.2) is 18.2 Å². The third-order valence-electron chi connectivity index (χ3n) is 4.79. The highest BCUT2D eigenvalue weighted by atomic mass is 16.5. The summed E-state index contributed by atoms with van der Waals surface area (Å²) in [5.74, 6) is 1.71. The van der Waals surface area contributed by atoms with Gasteiger partial charge in [0.2, 0.25) is 0 Å². The quantitative estimate of drug-likeness (QED) is 0.845. The van der Waals surface area contributed by atoms with E-state index in [4.69, 9.17) is 10.5 Å². The standard InChI is InChI=1S/C18H29NO2/c1-13(2)16-7-6-14(3)11-17(16)21-10-8-15-5-4-9-18(15,20)12-19/h6-7,11,13,15,20H,4-5,8-10,12,19H2,1-3H3. The molecule has 3 nitrogen and oxygen atoms in total. The topological polar surface area (TPSA) is 55.5 Å². The van der Waals surface area contributed by atoms with Gasteiger partial charge >= 0.3 is 0 Å². The minimum absolute atomic E-state index is 0.273. The van der Waals surface area contributed by atoms with Crippen LogP contribution in [0.5, 0.6) is 5.75 Å². The Morgan fingerprint density at radius 2 is 2.19 bits per heavy atom. The predicted molar refractivity (Wildman–Crippen MR) is 86.7 cm³/mol. The number of rotatable bonds is 6. The minimum atomic E-state index is -0.670. The van der Waals surface area contributed by atoms with Crippen LogP contribution in [-0.4, -0.2) is 23.9 Å². The van der Waals surface area contributed by atoms with Crippen LogP contribution in [0.3, 0.4) is 0 Å². The first-order valence-electron chi connectivity index (χ1n) is 8.12. The highest BCUT2D eigenvalue weighted by Crippen LogP contribution is 2.37. The van der Waals surface area contributed by atoms with Gasteiger partial charge in [-0.3, -0.25) is 0 Å². The maximum Gasteiger partial charge on any atom is 0.122 e. The molecule has 0 radical (unpaired) electrons. The summed E-state index contributed by atoms with van der Waals surface area (Å²) >= 11 is 0. The van der Waals surface area contributed by atoms with Crippen molar-refractivity contribution in [2.45, 2.75) is 58.0 Å². The molecular formula is C18H29NO2. The van der Waals surface area contributed by atoms with Gasteiger partial charge in [-0.15, -0.1) is 0 Å². The van der Waals surface area contributed by atoms with Crippen LogP contribution in [0.4, 0.5) is 0 Å². The summed E-state index contributed by atoms with van der Waals surface area (Å²) in [6.07, 6.45) is 3.83. The molecule has 0 bridgehead atoms. The monoisotopic (exact) mass is 291 g/mol. The first-order chi connectivity index (χ1) is 9.96. The van der Waals surface area contributed by atoms with Crippen LogP contribution >= 0.6 is 0 Å². The van der Waals surface area contributed by atoms with Crippen molar-refractivity contribution in [1.82, 2.24) is 0 Å². The lowest BCUT2D eigenvalue weighted by atomic mass is 9.88. The molecule has 118 valence electrons. The Morgan fingerprint density at radius 3 is 2.86 bits per heavy atom. The molecule has 2 atom stereocenters. The molecule has 1 aromatic rings. The van der Waals surface area contributed by atoms with Gasteiger partial charge in [-0.2, -0.15) is 0 Å². The second kappa shape index (κ2) is 6.80. The third-order valence-corrected chi connectivity index (χ3v) is 4.79. The second-order valence-corrected chi connectivity index (χ2v) is 6.73. The lowest BCUT2D eigenvalue weighted by Gasteiger charge is -2.28. The van der Waals surface area contributed by atoms with Gasteiger partial charge in [-0.05, 0) is 55.2 Å². The zero-order valence-electron chi connectivity index (χ0n) is 13.6. The van der Waals surface area contributed by atoms with Gasteiger partial charge in [0.15, 0.2) is 0 Å². The van der Waals surface area contributed by atoms with Gasteiger partial charge in [0.1, 0.15) is 5.75 Å². The molecule has 0 aromatic heterocycles. The Morgan fingerprint density at radius 1 is 1.43 bits per heavy atom. The molecule has 0 heterocycles. The van der Waals surface area contributed by atoms with Gasteiger partial charge in [0.05, 0.1) is 12.2 Å². The number of nitrogens with two attached hydrogens (primary N) is 1. The van der Waals surface area contributed by atoms with Gasteiger partial charge < -0.3 is 15.6 Å². The van der Waals surface area contributed by atoms with Gasteiger partial charge in [-0.1, -0.05) is 32.4 Å². The van der Waals surface area contributed by atoms with Gasteiger partial charge in [-0.25, -0.2) is 0 Å². The maximum atomic E-state index is 10.5. The zero-order chi connectivity index (χ0) is 15.5. The second-order valence-electron chi connectivity index (χ2n) is 6.73. The van der Waals surface area contributed by atoms with E-state index in [0.29, 0.717) is 19.1 Å². The van der Waals surface area contributed by atoms with Gasteiger partial charge in [0, 0.05) is 6.54 Å². The van der Waals surface area contributed by atoms with Gasteiger partial charge in [0.25, 0.3) is 0 Å². The molecule has 1 aliphatic rings. The van der Waals surface area contributed by atoms with Crippen molar-refractivity contribution >= 4 is 0 Å². The molecular weight excluding hydrogens is 262 g/mol. The van der Waals surface area contributed by atoms with E-state index in [-0.39, 0.29) is 5.92 Å². The van der Waals surface area contributed by atoms with Crippen molar-refractivity contribution < 1.29 is 9.84 Å². The summed E-state index contributed by atoms with van der Waals surface area (Å²) in [4.78, 5) is 0. The fourth-order valence-electron chi connectivity index (χ4n) is 3.36. The maximum absolute atomic E-state index is 10.5. The van der Waals surface area contributed by atoms with E-state index in [0.717, 1.165) is 31.4 Å². The molecule has 1 saturated carbocycles. The molecule has 0 amide bonds. The molecule has 2 unspecified atom stereocenters. The van der Waals surface area contributed by atoms with Crippen molar-refractivity contribution in [2.24, 2.45) is 11.7 Å². The lowest BCUT2D eigenvalue weighted by molar-refractivity contribution is 0.00350. The molecule has 3 heteroatoms. The van der Waals surface area contributed by atoms with Crippen LogP contribution in [-0.2, 0) is 0 Å². The van der Waals surface area contributed by atoms with Crippen molar-refractivity contribution in [1.29, 1.82) is 0 Å². The van der Waals surface area contributed by atoms with E-state index >= 15 is 0 Å². The Labute approximate surface area is 128 Å². The summed E-state index contributed by atoms with van der Waals surface area (Å²) in [6.45, 7) is 7.46. The van der Waals surface area contributed by atoms with Crippen LogP contribution < -0.4 is 10.5 Å². The lowest BCUT2D eigenvalue weighted by Crippen LogP contribution is -2.41. The summed E-state index contributed by atoms with van der Waals surface area (Å²) in [5.41, 5.74) is 7.53. The Kier molecular flexibility index (Phi) is 5.28. The van der Waals surface area contributed by atoms with E-state index in [1.54, 1.807) is 0 Å². The van der Waals surface area contributed by atoms with Crippen molar-refractivity contribution in [3.8, 4) is 5.75 Å². The number of aliphatic hydroxyl groups is 1. The van der Waals surface area contributed by atoms with Crippen LogP contribution in [0.25, 0.3) is 0 Å². The summed E-state index contributed by atoms with van der Waals surface area (Å²) in [7, 11) is 0. The highest BCUT2D eigenvalue weighted by Gasteiger charge is 2.39. The van der Waals surface area contributed by atoms with Crippen LogP contribution in [0, 0.1) is 12.8 Å². The number of hydrogen-bond donors (Lipinski definition) is 2. The fraction of sp³-hybridized carbons (Fsp3) is 0.667. The molecule has 21 heavy (non-hydrogen) atoms. The van der Waals surface area contributed by atoms with E-state index in [2.05, 4.69) is 39.0 Å². The van der Waals surface area contributed by atoms with Crippen molar-refractivity contribution in [3.63, 3.8) is 0 Å². The predicted octanol–water partition coefficient (Wildman–Crippen LogP) is 3.38. The molecule has 1 fully saturated rings. The Hall–Kier alpha value is -1.06. The van der Waals surface area contributed by atoms with Crippen LogP contribution in [0.2, 0.25) is 0 Å². The van der Waals surface area contributed by atoms with Crippen molar-refractivity contribution in [2.75, 3.05) is 13.2 Å². The molecule has 2 rings (SSSR count). The number of ether oxygens (including phenoxy) is 1. The van der Waals surface area contributed by atoms with Crippen LogP contribution in [0.1, 0.15) is 56.6 Å². The first-order valence-corrected chi connectivity index (χ1v) is 8.12. The minimum Gasteiger partial charge on any atom is -0.493 e. The largest absolute Gasteiger partial charge is 0.493 e. The van der Waals surface area contributed by atoms with E-state index in [1.807, 2.05) is 0 Å².